The van der Waals surface area contributed by atoms with Gasteiger partial charge in [-0.25, -0.2) is 0 Å². The highest BCUT2D eigenvalue weighted by molar-refractivity contribution is 5.98. The maximum absolute atomic E-state index is 12.4. The average Bonchev–Trinajstić information content (AvgIpc) is 2.65. The van der Waals surface area contributed by atoms with Crippen LogP contribution in [0.15, 0.2) is 35.3 Å². The summed E-state index contributed by atoms with van der Waals surface area (Å²) < 4.78 is 0. The molecule has 1 saturated heterocycles. The topological polar surface area (TPSA) is 120 Å². The van der Waals surface area contributed by atoms with Gasteiger partial charge in [-0.1, -0.05) is 19.1 Å². The number of nitrogens with zero attached hydrogens (tertiary/aromatic N) is 1. The van der Waals surface area contributed by atoms with Crippen molar-refractivity contribution in [1.82, 2.24) is 15.2 Å². The quantitative estimate of drug-likeness (QED) is 0.735. The number of carbonyl (C=O) groups is 3. The lowest BCUT2D eigenvalue weighted by Gasteiger charge is -2.34. The van der Waals surface area contributed by atoms with Crippen LogP contribution in [0.5, 0.6) is 0 Å². The molecule has 3 N–H and O–H groups in total. The van der Waals surface area contributed by atoms with Gasteiger partial charge in [-0.15, -0.1) is 0 Å². The van der Waals surface area contributed by atoms with Crippen molar-refractivity contribution < 1.29 is 19.5 Å². The number of hydrogen-bond acceptors (Lipinski definition) is 4. The van der Waals surface area contributed by atoms with Crippen LogP contribution in [0, 0.1) is 11.8 Å². The third kappa shape index (κ3) is 3.99. The van der Waals surface area contributed by atoms with Crippen molar-refractivity contribution in [3.63, 3.8) is 0 Å². The van der Waals surface area contributed by atoms with Gasteiger partial charge >= 0.3 is 5.97 Å². The first-order valence-electron chi connectivity index (χ1n) is 8.76. The van der Waals surface area contributed by atoms with Crippen LogP contribution in [0.1, 0.15) is 23.7 Å². The number of H-pyrrole nitrogens is 1. The number of aliphatic carboxylic acids is 1. The van der Waals surface area contributed by atoms with E-state index in [9.17, 15) is 24.3 Å². The van der Waals surface area contributed by atoms with Crippen molar-refractivity contribution in [2.45, 2.75) is 13.3 Å². The highest BCUT2D eigenvalue weighted by atomic mass is 16.4. The number of amides is 2. The number of para-hydroxylation sites is 1. The minimum atomic E-state index is -0.925. The molecule has 3 rings (SSSR count). The molecule has 0 saturated carbocycles. The molecule has 2 atom stereocenters. The standard InChI is InChI=1S/C19H21N3O5/c1-11-6-12(19(26)27)10-22(9-11)16(23)8-21-18(25)14-7-20-15-5-3-2-4-13(15)17(14)24/h2-5,7,11-12H,6,8-10H2,1H3,(H,20,24)(H,21,25)(H,26,27). The van der Waals surface area contributed by atoms with Crippen LogP contribution in [-0.4, -0.2) is 52.4 Å². The Labute approximate surface area is 155 Å². The molecule has 0 radical (unpaired) electrons. The lowest BCUT2D eigenvalue weighted by molar-refractivity contribution is -0.146. The summed E-state index contributed by atoms with van der Waals surface area (Å²) in [6, 6.07) is 6.84. The Kier molecular flexibility index (Phi) is 5.25. The number of rotatable bonds is 4. The van der Waals surface area contributed by atoms with Crippen LogP contribution < -0.4 is 10.7 Å². The molecule has 8 nitrogen and oxygen atoms in total. The molecule has 1 aromatic heterocycles. The van der Waals surface area contributed by atoms with Crippen LogP contribution in [0.2, 0.25) is 0 Å². The van der Waals surface area contributed by atoms with E-state index in [2.05, 4.69) is 10.3 Å². The molecule has 2 heterocycles. The molecular formula is C19H21N3O5. The first kappa shape index (κ1) is 18.6. The number of carbonyl (C=O) groups excluding carboxylic acids is 2. The van der Waals surface area contributed by atoms with Gasteiger partial charge in [0.05, 0.1) is 12.5 Å². The first-order chi connectivity index (χ1) is 12.9. The normalized spacial score (nSPS) is 19.7. The Balaban J connectivity index is 1.67. The van der Waals surface area contributed by atoms with Gasteiger partial charge in [-0.2, -0.15) is 0 Å². The third-order valence-electron chi connectivity index (χ3n) is 4.79. The van der Waals surface area contributed by atoms with Crippen molar-refractivity contribution in [2.75, 3.05) is 19.6 Å². The molecule has 1 fully saturated rings. The van der Waals surface area contributed by atoms with E-state index in [1.807, 2.05) is 6.92 Å². The predicted octanol–water partition coefficient (Wildman–Crippen LogP) is 0.827. The maximum Gasteiger partial charge on any atom is 0.308 e. The molecule has 1 aliphatic heterocycles. The molecule has 8 heteroatoms. The van der Waals surface area contributed by atoms with Crippen molar-refractivity contribution in [3.8, 4) is 0 Å². The highest BCUT2D eigenvalue weighted by Gasteiger charge is 2.31. The molecule has 2 amide bonds. The number of pyridine rings is 1. The number of carboxylic acids is 1. The van der Waals surface area contributed by atoms with E-state index in [-0.39, 0.29) is 30.5 Å². The van der Waals surface area contributed by atoms with Gasteiger partial charge in [0.15, 0.2) is 0 Å². The molecule has 1 aromatic carbocycles. The molecule has 27 heavy (non-hydrogen) atoms. The lowest BCUT2D eigenvalue weighted by Crippen LogP contribution is -2.49. The zero-order valence-corrected chi connectivity index (χ0v) is 14.9. The summed E-state index contributed by atoms with van der Waals surface area (Å²) in [5.74, 6) is -2.46. The molecule has 2 unspecified atom stereocenters. The summed E-state index contributed by atoms with van der Waals surface area (Å²) >= 11 is 0. The van der Waals surface area contributed by atoms with Crippen molar-refractivity contribution in [1.29, 1.82) is 0 Å². The summed E-state index contributed by atoms with van der Waals surface area (Å²) in [5, 5.41) is 12.1. The Morgan fingerprint density at radius 2 is 2.00 bits per heavy atom. The molecule has 0 bridgehead atoms. The fourth-order valence-corrected chi connectivity index (χ4v) is 3.43. The van der Waals surface area contributed by atoms with Crippen molar-refractivity contribution in [2.24, 2.45) is 11.8 Å². The van der Waals surface area contributed by atoms with Gasteiger partial charge in [0.2, 0.25) is 11.3 Å². The number of fused-ring (bicyclic) bond motifs is 1. The molecule has 0 spiro atoms. The van der Waals surface area contributed by atoms with Gasteiger partial charge < -0.3 is 20.3 Å². The number of nitrogens with one attached hydrogen (secondary N) is 2. The van der Waals surface area contributed by atoms with Gasteiger partial charge in [0, 0.05) is 30.2 Å². The smallest absolute Gasteiger partial charge is 0.308 e. The van der Waals surface area contributed by atoms with Crippen molar-refractivity contribution >= 4 is 28.7 Å². The van der Waals surface area contributed by atoms with E-state index in [0.717, 1.165) is 0 Å². The Hall–Kier alpha value is -3.16. The third-order valence-corrected chi connectivity index (χ3v) is 4.79. The van der Waals surface area contributed by atoms with E-state index in [1.54, 1.807) is 24.3 Å². The van der Waals surface area contributed by atoms with Gasteiger partial charge in [-0.3, -0.25) is 19.2 Å². The van der Waals surface area contributed by atoms with E-state index >= 15 is 0 Å². The first-order valence-corrected chi connectivity index (χ1v) is 8.76. The molecule has 2 aromatic rings. The number of likely N-dealkylation sites (tertiary alicyclic amines) is 1. The maximum atomic E-state index is 12.4. The van der Waals surface area contributed by atoms with Gasteiger partial charge in [0.25, 0.3) is 5.91 Å². The van der Waals surface area contributed by atoms with Gasteiger partial charge in [-0.05, 0) is 24.5 Å². The number of carboxylic acid groups (broad SMARTS) is 1. The SMILES string of the molecule is CC1CC(C(=O)O)CN(C(=O)CNC(=O)c2c[nH]c3ccccc3c2=O)C1. The molecular weight excluding hydrogens is 350 g/mol. The van der Waals surface area contributed by atoms with Crippen LogP contribution in [0.3, 0.4) is 0 Å². The predicted molar refractivity (Wildman–Crippen MR) is 98.4 cm³/mol. The number of piperidine rings is 1. The average molecular weight is 371 g/mol. The van der Waals surface area contributed by atoms with E-state index in [4.69, 9.17) is 0 Å². The zero-order valence-electron chi connectivity index (χ0n) is 14.9. The molecule has 1 aliphatic rings. The van der Waals surface area contributed by atoms with Gasteiger partial charge in [0.1, 0.15) is 5.56 Å². The van der Waals surface area contributed by atoms with Crippen molar-refractivity contribution in [3.05, 3.63) is 46.2 Å². The second kappa shape index (κ2) is 7.61. The second-order valence-electron chi connectivity index (χ2n) is 6.93. The number of aromatic nitrogens is 1. The second-order valence-corrected chi connectivity index (χ2v) is 6.93. The van der Waals surface area contributed by atoms with Crippen LogP contribution in [0.4, 0.5) is 0 Å². The fourth-order valence-electron chi connectivity index (χ4n) is 3.43. The minimum absolute atomic E-state index is 0.0721. The highest BCUT2D eigenvalue weighted by Crippen LogP contribution is 2.21. The van der Waals surface area contributed by atoms with E-state index in [0.29, 0.717) is 23.9 Å². The number of hydrogen-bond donors (Lipinski definition) is 3. The molecule has 0 aliphatic carbocycles. The lowest BCUT2D eigenvalue weighted by atomic mass is 9.90. The minimum Gasteiger partial charge on any atom is -0.481 e. The van der Waals surface area contributed by atoms with E-state index in [1.165, 1.54) is 11.1 Å². The largest absolute Gasteiger partial charge is 0.481 e. The van der Waals surface area contributed by atoms with Crippen LogP contribution in [0.25, 0.3) is 10.9 Å². The Morgan fingerprint density at radius 3 is 2.74 bits per heavy atom. The van der Waals surface area contributed by atoms with Crippen LogP contribution >= 0.6 is 0 Å². The number of aromatic amines is 1. The monoisotopic (exact) mass is 371 g/mol. The van der Waals surface area contributed by atoms with E-state index < -0.39 is 23.2 Å². The number of benzene rings is 1. The summed E-state index contributed by atoms with van der Waals surface area (Å²) in [5.41, 5.74) is 0.140. The summed E-state index contributed by atoms with van der Waals surface area (Å²) in [6.45, 7) is 2.19. The Morgan fingerprint density at radius 1 is 1.26 bits per heavy atom. The Bertz CT molecular complexity index is 952. The summed E-state index contributed by atoms with van der Waals surface area (Å²) in [6.07, 6.45) is 1.85. The van der Waals surface area contributed by atoms with Crippen LogP contribution in [-0.2, 0) is 9.59 Å². The summed E-state index contributed by atoms with van der Waals surface area (Å²) in [4.78, 5) is 52.7. The summed E-state index contributed by atoms with van der Waals surface area (Å²) in [7, 11) is 0. The zero-order chi connectivity index (χ0) is 19.6. The molecule has 142 valence electrons. The fraction of sp³-hybridized carbons (Fsp3) is 0.368.